The molecule has 0 spiro atoms. The maximum atomic E-state index is 13.1. The minimum Gasteiger partial charge on any atom is -0.504 e. The van der Waals surface area contributed by atoms with E-state index in [4.69, 9.17) is 0 Å². The van der Waals surface area contributed by atoms with Gasteiger partial charge in [-0.05, 0) is 30.5 Å². The molecule has 33 heavy (non-hydrogen) atoms. The summed E-state index contributed by atoms with van der Waals surface area (Å²) in [6.45, 7) is 9.03. The standard InChI is InChI=1S/C24H27FN6O2/c1-15-21(32)20(24(33)27-14-17-7-9-18(25)10-8-17)28-23-19(6-5-12-31(15)23)30(4)16(2)22-26-11-13-29(22)3/h7-11,13,19,32H,1-2,5-6,12,14H2,3-4H3,(H,27,33). The number of hydrogen-bond donors (Lipinski definition) is 2. The number of amides is 1. The van der Waals surface area contributed by atoms with Crippen LogP contribution < -0.4 is 5.32 Å². The van der Waals surface area contributed by atoms with Gasteiger partial charge in [0, 0.05) is 39.6 Å². The van der Waals surface area contributed by atoms with Gasteiger partial charge in [-0.1, -0.05) is 25.3 Å². The molecule has 0 saturated carbocycles. The van der Waals surface area contributed by atoms with Crippen molar-refractivity contribution in [1.29, 1.82) is 0 Å². The van der Waals surface area contributed by atoms with Crippen LogP contribution in [0.5, 0.6) is 0 Å². The van der Waals surface area contributed by atoms with E-state index in [9.17, 15) is 14.3 Å². The van der Waals surface area contributed by atoms with Gasteiger partial charge in [-0.3, -0.25) is 4.79 Å². The van der Waals surface area contributed by atoms with Gasteiger partial charge in [0.15, 0.2) is 17.3 Å². The van der Waals surface area contributed by atoms with Crippen LogP contribution in [0.25, 0.3) is 5.70 Å². The van der Waals surface area contributed by atoms with E-state index in [1.807, 2.05) is 34.7 Å². The first-order valence-electron chi connectivity index (χ1n) is 10.7. The molecule has 2 aliphatic heterocycles. The molecular weight excluding hydrogens is 423 g/mol. The average molecular weight is 451 g/mol. The second kappa shape index (κ2) is 8.93. The number of nitrogens with one attached hydrogen (secondary N) is 1. The van der Waals surface area contributed by atoms with Gasteiger partial charge < -0.3 is 24.8 Å². The molecule has 1 fully saturated rings. The highest BCUT2D eigenvalue weighted by Gasteiger charge is 2.38. The van der Waals surface area contributed by atoms with Crippen molar-refractivity contribution in [2.75, 3.05) is 13.6 Å². The van der Waals surface area contributed by atoms with Crippen molar-refractivity contribution >= 4 is 17.4 Å². The Morgan fingerprint density at radius 3 is 2.76 bits per heavy atom. The molecule has 9 heteroatoms. The molecule has 1 aromatic heterocycles. The number of carbonyl (C=O) groups is 1. The number of aliphatic hydroxyl groups is 1. The van der Waals surface area contributed by atoms with Crippen LogP contribution in [0.15, 0.2) is 72.0 Å². The summed E-state index contributed by atoms with van der Waals surface area (Å²) in [5.74, 6) is 0.246. The number of rotatable bonds is 6. The van der Waals surface area contributed by atoms with Crippen molar-refractivity contribution in [3.05, 3.63) is 84.2 Å². The highest BCUT2D eigenvalue weighted by molar-refractivity contribution is 6.02. The number of fused-ring (bicyclic) bond motifs is 1. The number of likely N-dealkylation sites (N-methyl/N-ethyl adjacent to an activating group) is 1. The molecule has 2 N–H and O–H groups in total. The Labute approximate surface area is 192 Å². The number of imidazole rings is 1. The SMILES string of the molecule is C=C1C(O)=C(C(=O)NCc2ccc(F)cc2)N=C2C(N(C)C(=C)c3nccn3C)CCCN12. The van der Waals surface area contributed by atoms with Crippen LogP contribution >= 0.6 is 0 Å². The van der Waals surface area contributed by atoms with Crippen molar-refractivity contribution in [3.63, 3.8) is 0 Å². The van der Waals surface area contributed by atoms with E-state index < -0.39 is 5.91 Å². The Balaban J connectivity index is 1.58. The van der Waals surface area contributed by atoms with Crippen LogP contribution in [0, 0.1) is 5.82 Å². The quantitative estimate of drug-likeness (QED) is 0.707. The summed E-state index contributed by atoms with van der Waals surface area (Å²) >= 11 is 0. The molecule has 1 unspecified atom stereocenters. The number of nitrogens with zero attached hydrogens (tertiary/aromatic N) is 5. The van der Waals surface area contributed by atoms with E-state index in [1.165, 1.54) is 12.1 Å². The predicted octanol–water partition coefficient (Wildman–Crippen LogP) is 2.94. The number of carbonyl (C=O) groups excluding carboxylic acids is 1. The highest BCUT2D eigenvalue weighted by atomic mass is 19.1. The Morgan fingerprint density at radius 2 is 2.09 bits per heavy atom. The van der Waals surface area contributed by atoms with Crippen molar-refractivity contribution in [3.8, 4) is 0 Å². The van der Waals surface area contributed by atoms with Gasteiger partial charge >= 0.3 is 0 Å². The first kappa shape index (κ1) is 22.3. The van der Waals surface area contributed by atoms with Crippen LogP contribution in [0.4, 0.5) is 4.39 Å². The van der Waals surface area contributed by atoms with E-state index in [0.717, 1.165) is 29.9 Å². The molecule has 8 nitrogen and oxygen atoms in total. The zero-order valence-electron chi connectivity index (χ0n) is 18.8. The summed E-state index contributed by atoms with van der Waals surface area (Å²) in [7, 11) is 3.82. The van der Waals surface area contributed by atoms with E-state index >= 15 is 0 Å². The Kier molecular flexibility index (Phi) is 6.04. The monoisotopic (exact) mass is 450 g/mol. The molecule has 0 radical (unpaired) electrons. The zero-order valence-corrected chi connectivity index (χ0v) is 18.8. The third-order valence-corrected chi connectivity index (χ3v) is 6.04. The van der Waals surface area contributed by atoms with Crippen molar-refractivity contribution in [2.24, 2.45) is 12.0 Å². The van der Waals surface area contributed by atoms with Gasteiger partial charge in [-0.2, -0.15) is 0 Å². The lowest BCUT2D eigenvalue weighted by Crippen LogP contribution is -2.52. The van der Waals surface area contributed by atoms with Crippen LogP contribution in [-0.2, 0) is 18.4 Å². The minimum absolute atomic E-state index is 0.0868. The number of halogens is 1. The predicted molar refractivity (Wildman–Crippen MR) is 124 cm³/mol. The summed E-state index contributed by atoms with van der Waals surface area (Å²) in [5, 5.41) is 13.4. The van der Waals surface area contributed by atoms with Gasteiger partial charge in [-0.25, -0.2) is 14.4 Å². The van der Waals surface area contributed by atoms with Crippen LogP contribution in [0.3, 0.4) is 0 Å². The van der Waals surface area contributed by atoms with Crippen molar-refractivity contribution < 1.29 is 14.3 Å². The normalized spacial score (nSPS) is 18.0. The van der Waals surface area contributed by atoms with Gasteiger partial charge in [-0.15, -0.1) is 0 Å². The minimum atomic E-state index is -0.528. The Morgan fingerprint density at radius 1 is 1.36 bits per heavy atom. The van der Waals surface area contributed by atoms with E-state index in [0.29, 0.717) is 18.1 Å². The number of amidine groups is 1. The van der Waals surface area contributed by atoms with Crippen molar-refractivity contribution in [2.45, 2.75) is 25.4 Å². The fraction of sp³-hybridized carbons (Fsp3) is 0.292. The number of aromatic nitrogens is 2. The van der Waals surface area contributed by atoms with Gasteiger partial charge in [0.2, 0.25) is 0 Å². The van der Waals surface area contributed by atoms with Crippen molar-refractivity contribution in [1.82, 2.24) is 24.7 Å². The van der Waals surface area contributed by atoms with Crippen LogP contribution in [0.1, 0.15) is 24.2 Å². The molecule has 172 valence electrons. The third kappa shape index (κ3) is 4.26. The van der Waals surface area contributed by atoms with Gasteiger partial charge in [0.1, 0.15) is 11.7 Å². The third-order valence-electron chi connectivity index (χ3n) is 6.04. The summed E-state index contributed by atoms with van der Waals surface area (Å²) in [5.41, 5.74) is 1.71. The molecule has 0 aliphatic carbocycles. The number of piperidine rings is 1. The highest BCUT2D eigenvalue weighted by Crippen LogP contribution is 2.32. The molecule has 1 atom stereocenters. The molecule has 0 bridgehead atoms. The molecule has 2 aromatic rings. The largest absolute Gasteiger partial charge is 0.504 e. The molecule has 1 aromatic carbocycles. The van der Waals surface area contributed by atoms with E-state index in [2.05, 4.69) is 28.5 Å². The lowest BCUT2D eigenvalue weighted by Gasteiger charge is -2.43. The Bertz CT molecular complexity index is 1160. The fourth-order valence-corrected chi connectivity index (χ4v) is 4.09. The zero-order chi connectivity index (χ0) is 23.7. The first-order valence-corrected chi connectivity index (χ1v) is 10.7. The summed E-state index contributed by atoms with van der Waals surface area (Å²) in [6.07, 6.45) is 5.23. The molecular formula is C24H27FN6O2. The average Bonchev–Trinajstić information content (AvgIpc) is 3.25. The lowest BCUT2D eigenvalue weighted by atomic mass is 9.99. The van der Waals surface area contributed by atoms with E-state index in [-0.39, 0.29) is 29.9 Å². The molecule has 3 heterocycles. The molecule has 1 saturated heterocycles. The second-order valence-corrected chi connectivity index (χ2v) is 8.15. The molecule has 1 amide bonds. The second-order valence-electron chi connectivity index (χ2n) is 8.15. The fourth-order valence-electron chi connectivity index (χ4n) is 4.09. The number of benzene rings is 1. The molecule has 4 rings (SSSR count). The van der Waals surface area contributed by atoms with Crippen LogP contribution in [-0.4, -0.2) is 55.8 Å². The van der Waals surface area contributed by atoms with Gasteiger partial charge in [0.25, 0.3) is 5.91 Å². The summed E-state index contributed by atoms with van der Waals surface area (Å²) in [4.78, 5) is 25.7. The van der Waals surface area contributed by atoms with Gasteiger partial charge in [0.05, 0.1) is 17.4 Å². The van der Waals surface area contributed by atoms with Crippen LogP contribution in [0.2, 0.25) is 0 Å². The van der Waals surface area contributed by atoms with E-state index in [1.54, 1.807) is 18.3 Å². The smallest absolute Gasteiger partial charge is 0.274 e. The Hall–Kier alpha value is -3.88. The molecule has 2 aliphatic rings. The lowest BCUT2D eigenvalue weighted by molar-refractivity contribution is -0.117. The number of aliphatic hydroxyl groups excluding tert-OH is 1. The summed E-state index contributed by atoms with van der Waals surface area (Å²) < 4.78 is 15.0. The summed E-state index contributed by atoms with van der Waals surface area (Å²) in [6, 6.07) is 5.66. The number of aryl methyl sites for hydroxylation is 1. The maximum absolute atomic E-state index is 13.1. The number of aliphatic imine (C=N–C) groups is 1. The number of hydrogen-bond acceptors (Lipinski definition) is 6. The topological polar surface area (TPSA) is 86.0 Å². The first-order chi connectivity index (χ1) is 15.8. The maximum Gasteiger partial charge on any atom is 0.274 e.